The molecule has 1 amide bonds. The summed E-state index contributed by atoms with van der Waals surface area (Å²) in [5.74, 6) is 1.16. The molecule has 14 heavy (non-hydrogen) atoms. The van der Waals surface area contributed by atoms with Crippen LogP contribution in [0.2, 0.25) is 0 Å². The molecule has 2 heterocycles. The summed E-state index contributed by atoms with van der Waals surface area (Å²) in [5.41, 5.74) is 0. The van der Waals surface area contributed by atoms with Gasteiger partial charge < -0.3 is 10.2 Å². The van der Waals surface area contributed by atoms with Gasteiger partial charge in [0, 0.05) is 18.5 Å². The normalized spacial score (nSPS) is 38.3. The van der Waals surface area contributed by atoms with Gasteiger partial charge in [-0.3, -0.25) is 4.79 Å². The molecule has 0 radical (unpaired) electrons. The third-order valence-electron chi connectivity index (χ3n) is 3.88. The van der Waals surface area contributed by atoms with Gasteiger partial charge in [-0.2, -0.15) is 0 Å². The van der Waals surface area contributed by atoms with E-state index in [-0.39, 0.29) is 0 Å². The summed E-state index contributed by atoms with van der Waals surface area (Å²) < 4.78 is 0. The number of carbonyl (C=O) groups excluding carboxylic acids is 1. The van der Waals surface area contributed by atoms with Crippen LogP contribution in [0.25, 0.3) is 0 Å². The van der Waals surface area contributed by atoms with Crippen LogP contribution in [0.1, 0.15) is 32.1 Å². The average Bonchev–Trinajstić information content (AvgIpc) is 3.01. The van der Waals surface area contributed by atoms with Gasteiger partial charge in [0.25, 0.3) is 0 Å². The summed E-state index contributed by atoms with van der Waals surface area (Å²) in [6, 6.07) is 1.19. The zero-order valence-electron chi connectivity index (χ0n) is 8.54. The molecule has 3 fully saturated rings. The zero-order valence-corrected chi connectivity index (χ0v) is 8.54. The molecule has 0 aromatic carbocycles. The molecule has 0 bridgehead atoms. The Hall–Kier alpha value is -0.570. The quantitative estimate of drug-likeness (QED) is 0.668. The van der Waals surface area contributed by atoms with Crippen molar-refractivity contribution < 1.29 is 4.79 Å². The molecule has 0 spiro atoms. The predicted octanol–water partition coefficient (Wildman–Crippen LogP) is 0.749. The zero-order chi connectivity index (χ0) is 9.54. The number of likely N-dealkylation sites (tertiary alicyclic amines) is 1. The summed E-state index contributed by atoms with van der Waals surface area (Å²) in [7, 11) is 0. The summed E-state index contributed by atoms with van der Waals surface area (Å²) in [6.07, 6.45) is 5.58. The number of carbonyl (C=O) groups is 1. The van der Waals surface area contributed by atoms with Gasteiger partial charge >= 0.3 is 0 Å². The SMILES string of the molecule is O=C1CC[C@H]2CNCC[C@H]2N1C1CC1. The highest BCUT2D eigenvalue weighted by Gasteiger charge is 2.43. The second-order valence-electron chi connectivity index (χ2n) is 4.89. The molecule has 2 saturated heterocycles. The summed E-state index contributed by atoms with van der Waals surface area (Å²) >= 11 is 0. The summed E-state index contributed by atoms with van der Waals surface area (Å²) in [5, 5.41) is 3.44. The minimum atomic E-state index is 0.427. The first-order valence-corrected chi connectivity index (χ1v) is 5.88. The molecule has 1 saturated carbocycles. The first kappa shape index (κ1) is 8.72. The van der Waals surface area contributed by atoms with Crippen LogP contribution in [0.5, 0.6) is 0 Å². The molecule has 3 rings (SSSR count). The molecule has 78 valence electrons. The average molecular weight is 194 g/mol. The van der Waals surface area contributed by atoms with Crippen molar-refractivity contribution in [1.29, 1.82) is 0 Å². The first-order valence-electron chi connectivity index (χ1n) is 5.88. The van der Waals surface area contributed by atoms with Crippen LogP contribution in [-0.4, -0.2) is 36.0 Å². The van der Waals surface area contributed by atoms with Crippen LogP contribution in [0.4, 0.5) is 0 Å². The van der Waals surface area contributed by atoms with Gasteiger partial charge in [-0.25, -0.2) is 0 Å². The molecular weight excluding hydrogens is 176 g/mol. The van der Waals surface area contributed by atoms with Gasteiger partial charge in [0.1, 0.15) is 0 Å². The van der Waals surface area contributed by atoms with Crippen LogP contribution in [0.3, 0.4) is 0 Å². The Kier molecular flexibility index (Phi) is 2.01. The van der Waals surface area contributed by atoms with Crippen molar-refractivity contribution in [3.63, 3.8) is 0 Å². The lowest BCUT2D eigenvalue weighted by Gasteiger charge is -2.44. The van der Waals surface area contributed by atoms with E-state index < -0.39 is 0 Å². The molecule has 0 aromatic rings. The fourth-order valence-corrected chi connectivity index (χ4v) is 3.02. The molecular formula is C11H18N2O. The van der Waals surface area contributed by atoms with Crippen molar-refractivity contribution in [3.05, 3.63) is 0 Å². The third kappa shape index (κ3) is 1.34. The lowest BCUT2D eigenvalue weighted by Crippen LogP contribution is -2.55. The molecule has 1 N–H and O–H groups in total. The van der Waals surface area contributed by atoms with E-state index in [9.17, 15) is 4.79 Å². The van der Waals surface area contributed by atoms with Crippen molar-refractivity contribution in [2.75, 3.05) is 13.1 Å². The molecule has 2 atom stereocenters. The van der Waals surface area contributed by atoms with Crippen LogP contribution in [0, 0.1) is 5.92 Å². The minimum Gasteiger partial charge on any atom is -0.336 e. The Morgan fingerprint density at radius 1 is 1.21 bits per heavy atom. The number of nitrogens with zero attached hydrogens (tertiary/aromatic N) is 1. The van der Waals surface area contributed by atoms with Crippen molar-refractivity contribution in [2.45, 2.75) is 44.2 Å². The van der Waals surface area contributed by atoms with Gasteiger partial charge in [0.2, 0.25) is 5.91 Å². The lowest BCUT2D eigenvalue weighted by molar-refractivity contribution is -0.140. The topological polar surface area (TPSA) is 32.3 Å². The van der Waals surface area contributed by atoms with E-state index in [4.69, 9.17) is 0 Å². The lowest BCUT2D eigenvalue weighted by atomic mass is 9.84. The highest BCUT2D eigenvalue weighted by atomic mass is 16.2. The van der Waals surface area contributed by atoms with E-state index in [1.165, 1.54) is 19.3 Å². The molecule has 0 aromatic heterocycles. The fourth-order valence-electron chi connectivity index (χ4n) is 3.02. The van der Waals surface area contributed by atoms with Crippen molar-refractivity contribution in [2.24, 2.45) is 5.92 Å². The number of piperidine rings is 2. The molecule has 0 unspecified atom stereocenters. The van der Waals surface area contributed by atoms with E-state index in [2.05, 4.69) is 10.2 Å². The van der Waals surface area contributed by atoms with E-state index in [0.717, 1.165) is 31.8 Å². The maximum Gasteiger partial charge on any atom is 0.223 e. The Labute approximate surface area is 84.8 Å². The van der Waals surface area contributed by atoms with E-state index >= 15 is 0 Å². The smallest absolute Gasteiger partial charge is 0.223 e. The van der Waals surface area contributed by atoms with Crippen LogP contribution < -0.4 is 5.32 Å². The van der Waals surface area contributed by atoms with E-state index in [0.29, 0.717) is 18.0 Å². The molecule has 3 nitrogen and oxygen atoms in total. The Bertz CT molecular complexity index is 250. The second-order valence-corrected chi connectivity index (χ2v) is 4.89. The van der Waals surface area contributed by atoms with Crippen LogP contribution in [-0.2, 0) is 4.79 Å². The number of nitrogens with one attached hydrogen (secondary N) is 1. The molecule has 1 aliphatic carbocycles. The summed E-state index contributed by atoms with van der Waals surface area (Å²) in [4.78, 5) is 14.1. The highest BCUT2D eigenvalue weighted by Crippen LogP contribution is 2.37. The van der Waals surface area contributed by atoms with Crippen LogP contribution >= 0.6 is 0 Å². The third-order valence-corrected chi connectivity index (χ3v) is 3.88. The second kappa shape index (κ2) is 3.23. The summed E-state index contributed by atoms with van der Waals surface area (Å²) in [6.45, 7) is 2.22. The predicted molar refractivity (Wildman–Crippen MR) is 53.9 cm³/mol. The van der Waals surface area contributed by atoms with Gasteiger partial charge in [0.05, 0.1) is 0 Å². The van der Waals surface area contributed by atoms with Gasteiger partial charge in [-0.05, 0) is 44.7 Å². The molecule has 3 aliphatic rings. The Morgan fingerprint density at radius 2 is 2.07 bits per heavy atom. The number of fused-ring (bicyclic) bond motifs is 1. The number of hydrogen-bond acceptors (Lipinski definition) is 2. The number of hydrogen-bond donors (Lipinski definition) is 1. The van der Waals surface area contributed by atoms with Crippen molar-refractivity contribution in [1.82, 2.24) is 10.2 Å². The van der Waals surface area contributed by atoms with Crippen molar-refractivity contribution >= 4 is 5.91 Å². The van der Waals surface area contributed by atoms with Crippen LogP contribution in [0.15, 0.2) is 0 Å². The van der Waals surface area contributed by atoms with E-state index in [1.807, 2.05) is 0 Å². The Morgan fingerprint density at radius 3 is 2.86 bits per heavy atom. The number of rotatable bonds is 1. The maximum atomic E-state index is 11.8. The monoisotopic (exact) mass is 194 g/mol. The largest absolute Gasteiger partial charge is 0.336 e. The Balaban J connectivity index is 1.79. The maximum absolute atomic E-state index is 11.8. The fraction of sp³-hybridized carbons (Fsp3) is 0.909. The molecule has 2 aliphatic heterocycles. The number of amides is 1. The highest BCUT2D eigenvalue weighted by molar-refractivity contribution is 5.78. The minimum absolute atomic E-state index is 0.427. The molecule has 3 heteroatoms. The van der Waals surface area contributed by atoms with E-state index in [1.54, 1.807) is 0 Å². The van der Waals surface area contributed by atoms with Crippen molar-refractivity contribution in [3.8, 4) is 0 Å². The van der Waals surface area contributed by atoms with Gasteiger partial charge in [-0.15, -0.1) is 0 Å². The standard InChI is InChI=1S/C11H18N2O/c14-11-4-1-8-7-12-6-5-10(8)13(11)9-2-3-9/h8-10,12H,1-7H2/t8-,10+/m0/s1. The van der Waals surface area contributed by atoms with Gasteiger partial charge in [-0.1, -0.05) is 0 Å². The van der Waals surface area contributed by atoms with Gasteiger partial charge in [0.15, 0.2) is 0 Å². The first-order chi connectivity index (χ1) is 6.86.